The number of furan rings is 1. The standard InChI is InChI=1S/C13H12N2O5/c1-2-19-11-6-3-8(7-14-11)15-12(16)9-4-5-10(20-9)13(17)18/h3-7H,2H2,1H3,(H,15,16)(H,17,18). The van der Waals surface area contributed by atoms with Crippen LogP contribution in [0.1, 0.15) is 28.0 Å². The first-order chi connectivity index (χ1) is 9.60. The lowest BCUT2D eigenvalue weighted by atomic mass is 10.3. The van der Waals surface area contributed by atoms with E-state index in [1.807, 2.05) is 6.92 Å². The van der Waals surface area contributed by atoms with E-state index in [2.05, 4.69) is 10.3 Å². The second-order valence-corrected chi connectivity index (χ2v) is 3.74. The molecule has 0 aliphatic heterocycles. The van der Waals surface area contributed by atoms with Gasteiger partial charge in [-0.25, -0.2) is 9.78 Å². The zero-order valence-electron chi connectivity index (χ0n) is 10.6. The SMILES string of the molecule is CCOc1ccc(NC(=O)c2ccc(C(=O)O)o2)cn1. The van der Waals surface area contributed by atoms with Crippen molar-refractivity contribution in [2.24, 2.45) is 0 Å². The molecule has 0 unspecified atom stereocenters. The predicted octanol–water partition coefficient (Wildman–Crippen LogP) is 2.02. The molecule has 2 heterocycles. The molecule has 7 nitrogen and oxygen atoms in total. The molecule has 1 amide bonds. The number of nitrogens with zero attached hydrogens (tertiary/aromatic N) is 1. The third-order valence-corrected chi connectivity index (χ3v) is 2.33. The van der Waals surface area contributed by atoms with E-state index in [1.54, 1.807) is 12.1 Å². The normalized spacial score (nSPS) is 10.1. The second-order valence-electron chi connectivity index (χ2n) is 3.74. The number of pyridine rings is 1. The molecule has 0 atom stereocenters. The van der Waals surface area contributed by atoms with Gasteiger partial charge in [0.1, 0.15) is 0 Å². The van der Waals surface area contributed by atoms with Gasteiger partial charge in [0.25, 0.3) is 5.91 Å². The minimum absolute atomic E-state index is 0.0868. The number of carbonyl (C=O) groups excluding carboxylic acids is 1. The number of nitrogens with one attached hydrogen (secondary N) is 1. The van der Waals surface area contributed by atoms with E-state index >= 15 is 0 Å². The highest BCUT2D eigenvalue weighted by molar-refractivity contribution is 6.02. The molecule has 2 aromatic rings. The molecule has 2 rings (SSSR count). The highest BCUT2D eigenvalue weighted by Gasteiger charge is 2.15. The minimum atomic E-state index is -1.23. The summed E-state index contributed by atoms with van der Waals surface area (Å²) in [5, 5.41) is 11.2. The highest BCUT2D eigenvalue weighted by Crippen LogP contribution is 2.14. The molecule has 2 aromatic heterocycles. The van der Waals surface area contributed by atoms with Gasteiger partial charge in [0.05, 0.1) is 18.5 Å². The van der Waals surface area contributed by atoms with E-state index in [0.717, 1.165) is 0 Å². The predicted molar refractivity (Wildman–Crippen MR) is 69.0 cm³/mol. The van der Waals surface area contributed by atoms with Crippen LogP contribution in [0, 0.1) is 0 Å². The summed E-state index contributed by atoms with van der Waals surface area (Å²) in [5.74, 6) is -1.71. The Kier molecular flexibility index (Phi) is 3.99. The van der Waals surface area contributed by atoms with Gasteiger partial charge in [-0.05, 0) is 25.1 Å². The van der Waals surface area contributed by atoms with Gasteiger partial charge in [-0.1, -0.05) is 0 Å². The average Bonchev–Trinajstić information content (AvgIpc) is 2.91. The van der Waals surface area contributed by atoms with Gasteiger partial charge in [-0.2, -0.15) is 0 Å². The number of rotatable bonds is 5. The van der Waals surface area contributed by atoms with Crippen molar-refractivity contribution < 1.29 is 23.8 Å². The summed E-state index contributed by atoms with van der Waals surface area (Å²) in [6.07, 6.45) is 1.43. The maximum absolute atomic E-state index is 11.8. The third kappa shape index (κ3) is 3.14. The van der Waals surface area contributed by atoms with Crippen LogP contribution in [0.25, 0.3) is 0 Å². The lowest BCUT2D eigenvalue weighted by Crippen LogP contribution is -2.11. The van der Waals surface area contributed by atoms with Crippen LogP contribution in [0.4, 0.5) is 5.69 Å². The van der Waals surface area contributed by atoms with Crippen LogP contribution in [-0.2, 0) is 0 Å². The van der Waals surface area contributed by atoms with Crippen molar-refractivity contribution >= 4 is 17.6 Å². The van der Waals surface area contributed by atoms with Gasteiger partial charge < -0.3 is 19.6 Å². The first-order valence-electron chi connectivity index (χ1n) is 5.83. The van der Waals surface area contributed by atoms with Gasteiger partial charge in [0.15, 0.2) is 5.76 Å². The van der Waals surface area contributed by atoms with E-state index < -0.39 is 11.9 Å². The van der Waals surface area contributed by atoms with Crippen molar-refractivity contribution in [2.75, 3.05) is 11.9 Å². The average molecular weight is 276 g/mol. The lowest BCUT2D eigenvalue weighted by Gasteiger charge is -2.04. The summed E-state index contributed by atoms with van der Waals surface area (Å²) < 4.78 is 10.1. The monoisotopic (exact) mass is 276 g/mol. The zero-order valence-corrected chi connectivity index (χ0v) is 10.6. The molecule has 0 fully saturated rings. The number of hydrogen-bond donors (Lipinski definition) is 2. The summed E-state index contributed by atoms with van der Waals surface area (Å²) in [7, 11) is 0. The molecular formula is C13H12N2O5. The number of hydrogen-bond acceptors (Lipinski definition) is 5. The Morgan fingerprint density at radius 1 is 1.30 bits per heavy atom. The fraction of sp³-hybridized carbons (Fsp3) is 0.154. The quantitative estimate of drug-likeness (QED) is 0.866. The Balaban J connectivity index is 2.04. The van der Waals surface area contributed by atoms with E-state index in [1.165, 1.54) is 18.3 Å². The molecule has 0 aliphatic rings. The Labute approximate surface area is 114 Å². The maximum Gasteiger partial charge on any atom is 0.371 e. The van der Waals surface area contributed by atoms with E-state index in [0.29, 0.717) is 18.2 Å². The number of aromatic nitrogens is 1. The number of anilines is 1. The van der Waals surface area contributed by atoms with Gasteiger partial charge in [0, 0.05) is 6.07 Å². The third-order valence-electron chi connectivity index (χ3n) is 2.33. The maximum atomic E-state index is 11.8. The van der Waals surface area contributed by atoms with Crippen LogP contribution in [0.15, 0.2) is 34.9 Å². The molecule has 7 heteroatoms. The second kappa shape index (κ2) is 5.87. The van der Waals surface area contributed by atoms with Crippen LogP contribution in [0.5, 0.6) is 5.88 Å². The molecule has 0 aromatic carbocycles. The smallest absolute Gasteiger partial charge is 0.371 e. The van der Waals surface area contributed by atoms with E-state index in [-0.39, 0.29) is 11.5 Å². The number of ether oxygens (including phenoxy) is 1. The number of carboxylic acids is 1. The molecule has 2 N–H and O–H groups in total. The fourth-order valence-electron chi connectivity index (χ4n) is 1.46. The van der Waals surface area contributed by atoms with Crippen LogP contribution in [-0.4, -0.2) is 28.6 Å². The van der Waals surface area contributed by atoms with E-state index in [9.17, 15) is 9.59 Å². The lowest BCUT2D eigenvalue weighted by molar-refractivity contribution is 0.0660. The van der Waals surface area contributed by atoms with Gasteiger partial charge >= 0.3 is 5.97 Å². The fourth-order valence-corrected chi connectivity index (χ4v) is 1.46. The number of carbonyl (C=O) groups is 2. The summed E-state index contributed by atoms with van der Waals surface area (Å²) in [5.41, 5.74) is 0.451. The van der Waals surface area contributed by atoms with Crippen molar-refractivity contribution in [1.82, 2.24) is 4.98 Å². The van der Waals surface area contributed by atoms with Crippen molar-refractivity contribution in [3.8, 4) is 5.88 Å². The number of amides is 1. The summed E-state index contributed by atoms with van der Waals surface area (Å²) in [6.45, 7) is 2.34. The Hall–Kier alpha value is -2.83. The topological polar surface area (TPSA) is 102 Å². The first kappa shape index (κ1) is 13.6. The van der Waals surface area contributed by atoms with Crippen LogP contribution in [0.3, 0.4) is 0 Å². The van der Waals surface area contributed by atoms with Gasteiger partial charge in [0.2, 0.25) is 11.6 Å². The Morgan fingerprint density at radius 3 is 2.60 bits per heavy atom. The minimum Gasteiger partial charge on any atom is -0.478 e. The first-order valence-corrected chi connectivity index (χ1v) is 5.83. The molecule has 0 saturated heterocycles. The zero-order chi connectivity index (χ0) is 14.5. The number of carboxylic acid groups (broad SMARTS) is 1. The van der Waals surface area contributed by atoms with Crippen LogP contribution >= 0.6 is 0 Å². The molecule has 0 bridgehead atoms. The van der Waals surface area contributed by atoms with Crippen LogP contribution < -0.4 is 10.1 Å². The summed E-state index contributed by atoms with van der Waals surface area (Å²) in [6, 6.07) is 5.75. The van der Waals surface area contributed by atoms with Crippen LogP contribution in [0.2, 0.25) is 0 Å². The Morgan fingerprint density at radius 2 is 2.05 bits per heavy atom. The molecule has 104 valence electrons. The highest BCUT2D eigenvalue weighted by atomic mass is 16.5. The van der Waals surface area contributed by atoms with Gasteiger partial charge in [-0.3, -0.25) is 4.79 Å². The number of aromatic carboxylic acids is 1. The van der Waals surface area contributed by atoms with Crippen molar-refractivity contribution in [3.63, 3.8) is 0 Å². The van der Waals surface area contributed by atoms with Crippen molar-refractivity contribution in [2.45, 2.75) is 6.92 Å². The van der Waals surface area contributed by atoms with E-state index in [4.69, 9.17) is 14.3 Å². The summed E-state index contributed by atoms with van der Waals surface area (Å²) in [4.78, 5) is 26.4. The largest absolute Gasteiger partial charge is 0.478 e. The molecule has 0 aliphatic carbocycles. The van der Waals surface area contributed by atoms with Crippen molar-refractivity contribution in [1.29, 1.82) is 0 Å². The molecule has 0 saturated carbocycles. The van der Waals surface area contributed by atoms with Gasteiger partial charge in [-0.15, -0.1) is 0 Å². The summed E-state index contributed by atoms with van der Waals surface area (Å²) >= 11 is 0. The molecule has 0 spiro atoms. The molecule has 20 heavy (non-hydrogen) atoms. The Bertz CT molecular complexity index is 618. The molecule has 0 radical (unpaired) electrons. The molecular weight excluding hydrogens is 264 g/mol. The van der Waals surface area contributed by atoms with Crippen molar-refractivity contribution in [3.05, 3.63) is 42.0 Å².